The van der Waals surface area contributed by atoms with Crippen LogP contribution in [-0.4, -0.2) is 25.2 Å². The van der Waals surface area contributed by atoms with Crippen molar-refractivity contribution < 1.29 is 19.1 Å². The number of esters is 2. The summed E-state index contributed by atoms with van der Waals surface area (Å²) in [6, 6.07) is 5.96. The molecule has 0 saturated heterocycles. The molecule has 0 aliphatic rings. The molecular weight excluding hydrogens is 376 g/mol. The summed E-state index contributed by atoms with van der Waals surface area (Å²) in [5, 5.41) is 0. The van der Waals surface area contributed by atoms with E-state index in [0.29, 0.717) is 18.8 Å². The molecule has 4 heteroatoms. The molecule has 0 spiro atoms. The van der Waals surface area contributed by atoms with Gasteiger partial charge in [-0.2, -0.15) is 0 Å². The van der Waals surface area contributed by atoms with Crippen LogP contribution < -0.4 is 0 Å². The summed E-state index contributed by atoms with van der Waals surface area (Å²) >= 11 is 0. The highest BCUT2D eigenvalue weighted by Gasteiger charge is 2.15. The van der Waals surface area contributed by atoms with E-state index in [1.54, 1.807) is 13.0 Å². The monoisotopic (exact) mass is 416 g/mol. The number of rotatable bonds is 15. The summed E-state index contributed by atoms with van der Waals surface area (Å²) < 4.78 is 10.4. The van der Waals surface area contributed by atoms with E-state index in [9.17, 15) is 9.59 Å². The second kappa shape index (κ2) is 15.7. The van der Waals surface area contributed by atoms with Gasteiger partial charge in [0.2, 0.25) is 0 Å². The van der Waals surface area contributed by atoms with Crippen LogP contribution >= 0.6 is 0 Å². The Morgan fingerprint density at radius 1 is 0.833 bits per heavy atom. The fourth-order valence-electron chi connectivity index (χ4n) is 3.50. The van der Waals surface area contributed by atoms with Crippen molar-refractivity contribution in [2.75, 3.05) is 13.2 Å². The number of carbonyl (C=O) groups excluding carboxylic acids is 2. The summed E-state index contributed by atoms with van der Waals surface area (Å²) in [4.78, 5) is 24.7. The van der Waals surface area contributed by atoms with Crippen LogP contribution in [0.25, 0.3) is 5.57 Å². The summed E-state index contributed by atoms with van der Waals surface area (Å²) in [6.45, 7) is 8.70. The molecule has 0 aliphatic heterocycles. The van der Waals surface area contributed by atoms with Gasteiger partial charge in [0.1, 0.15) is 0 Å². The maximum atomic E-state index is 12.6. The van der Waals surface area contributed by atoms with Crippen LogP contribution in [0.3, 0.4) is 0 Å². The Balaban J connectivity index is 3.16. The number of carbonyl (C=O) groups is 2. The predicted molar refractivity (Wildman–Crippen MR) is 124 cm³/mol. The Kier molecular flexibility index (Phi) is 13.6. The molecule has 0 unspecified atom stereocenters. The highest BCUT2D eigenvalue weighted by atomic mass is 16.5. The lowest BCUT2D eigenvalue weighted by Crippen LogP contribution is -2.09. The van der Waals surface area contributed by atoms with E-state index in [4.69, 9.17) is 9.47 Å². The van der Waals surface area contributed by atoms with E-state index in [1.165, 1.54) is 19.3 Å². The lowest BCUT2D eigenvalue weighted by Gasteiger charge is -2.14. The molecular formula is C26H40O4. The minimum Gasteiger partial charge on any atom is -0.463 e. The summed E-state index contributed by atoms with van der Waals surface area (Å²) in [7, 11) is 0. The van der Waals surface area contributed by atoms with Crippen molar-refractivity contribution in [1.82, 2.24) is 0 Å². The molecule has 0 heterocycles. The number of benzene rings is 1. The average Bonchev–Trinajstić information content (AvgIpc) is 2.74. The number of hydrogen-bond acceptors (Lipinski definition) is 4. The molecule has 1 aromatic carbocycles. The first-order valence-corrected chi connectivity index (χ1v) is 11.7. The van der Waals surface area contributed by atoms with Crippen molar-refractivity contribution in [3.05, 3.63) is 41.0 Å². The van der Waals surface area contributed by atoms with Gasteiger partial charge in [-0.25, -0.2) is 9.59 Å². The zero-order valence-corrected chi connectivity index (χ0v) is 19.4. The lowest BCUT2D eigenvalue weighted by atomic mass is 9.93. The average molecular weight is 417 g/mol. The second-order valence-electron chi connectivity index (χ2n) is 7.64. The van der Waals surface area contributed by atoms with Crippen LogP contribution in [0.4, 0.5) is 0 Å². The molecule has 0 atom stereocenters. The largest absolute Gasteiger partial charge is 0.463 e. The van der Waals surface area contributed by atoms with Gasteiger partial charge in [0.25, 0.3) is 0 Å². The Bertz CT molecular complexity index is 676. The van der Waals surface area contributed by atoms with Crippen molar-refractivity contribution in [3.8, 4) is 0 Å². The first kappa shape index (κ1) is 25.9. The van der Waals surface area contributed by atoms with Gasteiger partial charge in [0.15, 0.2) is 0 Å². The topological polar surface area (TPSA) is 52.6 Å². The van der Waals surface area contributed by atoms with E-state index in [-0.39, 0.29) is 11.9 Å². The molecule has 0 saturated carbocycles. The molecule has 168 valence electrons. The molecule has 1 aromatic rings. The summed E-state index contributed by atoms with van der Waals surface area (Å²) in [5.74, 6) is -0.615. The number of aryl methyl sites for hydroxylation is 1. The van der Waals surface area contributed by atoms with Gasteiger partial charge in [0, 0.05) is 6.08 Å². The van der Waals surface area contributed by atoms with E-state index >= 15 is 0 Å². The molecule has 0 amide bonds. The van der Waals surface area contributed by atoms with Crippen LogP contribution in [0.15, 0.2) is 24.3 Å². The zero-order valence-electron chi connectivity index (χ0n) is 19.4. The standard InChI is InChI=1S/C26H40O4/c1-5-9-11-13-15-21-17-18-23(19-24(21)26(28)30-8-4)22(16-14-12-10-6-2)20-25(27)29-7-3/h17-20H,5-16H2,1-4H3/b22-20-. The number of allylic oxidation sites excluding steroid dienone is 1. The van der Waals surface area contributed by atoms with Crippen molar-refractivity contribution in [1.29, 1.82) is 0 Å². The minimum absolute atomic E-state index is 0.286. The fraction of sp³-hybridized carbons (Fsp3) is 0.615. The first-order chi connectivity index (χ1) is 14.6. The highest BCUT2D eigenvalue weighted by Crippen LogP contribution is 2.26. The summed E-state index contributed by atoms with van der Waals surface area (Å²) in [5.41, 5.74) is 3.47. The lowest BCUT2D eigenvalue weighted by molar-refractivity contribution is -0.137. The maximum Gasteiger partial charge on any atom is 0.338 e. The van der Waals surface area contributed by atoms with Gasteiger partial charge in [-0.3, -0.25) is 0 Å². The molecule has 0 bridgehead atoms. The molecule has 0 aliphatic carbocycles. The van der Waals surface area contributed by atoms with Gasteiger partial charge >= 0.3 is 11.9 Å². The smallest absolute Gasteiger partial charge is 0.338 e. The molecule has 0 fully saturated rings. The SMILES string of the molecule is CCCCCC/C(=C/C(=O)OCC)c1ccc(CCCCCC)c(C(=O)OCC)c1. The highest BCUT2D eigenvalue weighted by molar-refractivity contribution is 5.95. The Morgan fingerprint density at radius 2 is 1.50 bits per heavy atom. The normalized spacial score (nSPS) is 11.4. The van der Waals surface area contributed by atoms with Gasteiger partial charge in [-0.05, 0) is 62.3 Å². The maximum absolute atomic E-state index is 12.6. The van der Waals surface area contributed by atoms with E-state index in [2.05, 4.69) is 13.8 Å². The fourth-order valence-corrected chi connectivity index (χ4v) is 3.50. The predicted octanol–water partition coefficient (Wildman–Crippen LogP) is 6.90. The number of ether oxygens (including phenoxy) is 2. The molecule has 0 radical (unpaired) electrons. The van der Waals surface area contributed by atoms with Crippen LogP contribution in [-0.2, 0) is 20.7 Å². The van der Waals surface area contributed by atoms with Crippen molar-refractivity contribution in [2.45, 2.75) is 91.9 Å². The van der Waals surface area contributed by atoms with Gasteiger partial charge in [-0.15, -0.1) is 0 Å². The molecule has 1 rings (SSSR count). The molecule has 0 aromatic heterocycles. The number of hydrogen-bond donors (Lipinski definition) is 0. The quantitative estimate of drug-likeness (QED) is 0.177. The third kappa shape index (κ3) is 9.60. The third-order valence-electron chi connectivity index (χ3n) is 5.15. The zero-order chi connectivity index (χ0) is 22.2. The second-order valence-corrected chi connectivity index (χ2v) is 7.64. The molecule has 0 N–H and O–H groups in total. The minimum atomic E-state index is -0.329. The Labute approximate surface area is 183 Å². The van der Waals surface area contributed by atoms with E-state index in [0.717, 1.165) is 61.6 Å². The first-order valence-electron chi connectivity index (χ1n) is 11.7. The van der Waals surface area contributed by atoms with Gasteiger partial charge in [-0.1, -0.05) is 64.5 Å². The van der Waals surface area contributed by atoms with Crippen molar-refractivity contribution >= 4 is 17.5 Å². The van der Waals surface area contributed by atoms with Crippen LogP contribution in [0.5, 0.6) is 0 Å². The van der Waals surface area contributed by atoms with Crippen molar-refractivity contribution in [3.63, 3.8) is 0 Å². The van der Waals surface area contributed by atoms with E-state index < -0.39 is 0 Å². The van der Waals surface area contributed by atoms with Gasteiger partial charge < -0.3 is 9.47 Å². The van der Waals surface area contributed by atoms with Crippen LogP contribution in [0, 0.1) is 0 Å². The van der Waals surface area contributed by atoms with E-state index in [1.807, 2.05) is 25.1 Å². The van der Waals surface area contributed by atoms with Crippen LogP contribution in [0.2, 0.25) is 0 Å². The Hall–Kier alpha value is -2.10. The Morgan fingerprint density at radius 3 is 2.13 bits per heavy atom. The third-order valence-corrected chi connectivity index (χ3v) is 5.15. The summed E-state index contributed by atoms with van der Waals surface area (Å²) in [6.07, 6.45) is 12.3. The van der Waals surface area contributed by atoms with Gasteiger partial charge in [0.05, 0.1) is 18.8 Å². The van der Waals surface area contributed by atoms with Crippen molar-refractivity contribution in [2.24, 2.45) is 0 Å². The number of unbranched alkanes of at least 4 members (excludes halogenated alkanes) is 6. The molecule has 30 heavy (non-hydrogen) atoms. The molecule has 4 nitrogen and oxygen atoms in total. The van der Waals surface area contributed by atoms with Crippen LogP contribution in [0.1, 0.15) is 107 Å².